The van der Waals surface area contributed by atoms with E-state index in [2.05, 4.69) is 15.5 Å². The minimum absolute atomic E-state index is 0.171. The predicted octanol–water partition coefficient (Wildman–Crippen LogP) is 0.745. The Morgan fingerprint density at radius 1 is 1.12 bits per heavy atom. The van der Waals surface area contributed by atoms with Crippen LogP contribution in [0.15, 0.2) is 30.3 Å². The van der Waals surface area contributed by atoms with Gasteiger partial charge in [-0.2, -0.15) is 0 Å². The van der Waals surface area contributed by atoms with Gasteiger partial charge < -0.3 is 15.4 Å². The maximum Gasteiger partial charge on any atom is 0.309 e. The number of hydrogen-bond donors (Lipinski definition) is 2. The number of ether oxygens (including phenoxy) is 1. The molecule has 1 atom stereocenters. The zero-order chi connectivity index (χ0) is 17.2. The second-order valence-electron chi connectivity index (χ2n) is 6.09. The highest BCUT2D eigenvalue weighted by molar-refractivity contribution is 6.35. The molecule has 0 aromatic heterocycles. The third-order valence-corrected chi connectivity index (χ3v) is 4.18. The van der Waals surface area contributed by atoms with Crippen LogP contribution in [0.2, 0.25) is 0 Å². The van der Waals surface area contributed by atoms with Crippen molar-refractivity contribution in [2.75, 3.05) is 45.9 Å². The molecule has 1 aliphatic heterocycles. The van der Waals surface area contributed by atoms with E-state index in [4.69, 9.17) is 4.74 Å². The lowest BCUT2D eigenvalue weighted by Crippen LogP contribution is -2.42. The van der Waals surface area contributed by atoms with Gasteiger partial charge in [0.15, 0.2) is 0 Å². The first-order chi connectivity index (χ1) is 11.7. The SMILES string of the molecule is C[C@@H](CNC(=O)C(=O)NCCCN1CCOCC1)c1ccccc1. The van der Waals surface area contributed by atoms with Crippen molar-refractivity contribution >= 4 is 11.8 Å². The van der Waals surface area contributed by atoms with Gasteiger partial charge in [0.1, 0.15) is 0 Å². The molecule has 6 nitrogen and oxygen atoms in total. The molecule has 0 spiro atoms. The summed E-state index contributed by atoms with van der Waals surface area (Å²) in [6, 6.07) is 9.92. The first-order valence-corrected chi connectivity index (χ1v) is 8.58. The van der Waals surface area contributed by atoms with Crippen molar-refractivity contribution in [3.05, 3.63) is 35.9 Å². The summed E-state index contributed by atoms with van der Waals surface area (Å²) >= 11 is 0. The van der Waals surface area contributed by atoms with E-state index >= 15 is 0 Å². The van der Waals surface area contributed by atoms with Gasteiger partial charge in [-0.25, -0.2) is 0 Å². The van der Waals surface area contributed by atoms with Gasteiger partial charge in [0, 0.05) is 26.2 Å². The highest BCUT2D eigenvalue weighted by Crippen LogP contribution is 2.12. The molecule has 1 saturated heterocycles. The summed E-state index contributed by atoms with van der Waals surface area (Å²) in [4.78, 5) is 25.9. The molecule has 0 bridgehead atoms. The van der Waals surface area contributed by atoms with Crippen molar-refractivity contribution < 1.29 is 14.3 Å². The summed E-state index contributed by atoms with van der Waals surface area (Å²) in [6.07, 6.45) is 0.833. The number of morpholine rings is 1. The summed E-state index contributed by atoms with van der Waals surface area (Å²) in [6.45, 7) is 7.31. The summed E-state index contributed by atoms with van der Waals surface area (Å²) in [5.41, 5.74) is 1.14. The molecular formula is C18H27N3O3. The predicted molar refractivity (Wildman–Crippen MR) is 92.8 cm³/mol. The zero-order valence-electron chi connectivity index (χ0n) is 14.3. The van der Waals surface area contributed by atoms with E-state index in [1.807, 2.05) is 37.3 Å². The molecule has 0 unspecified atom stereocenters. The summed E-state index contributed by atoms with van der Waals surface area (Å²) in [5, 5.41) is 5.37. The summed E-state index contributed by atoms with van der Waals surface area (Å²) in [5.74, 6) is -0.953. The highest BCUT2D eigenvalue weighted by Gasteiger charge is 2.15. The number of nitrogens with one attached hydrogen (secondary N) is 2. The molecule has 1 aromatic carbocycles. The van der Waals surface area contributed by atoms with E-state index in [1.165, 1.54) is 0 Å². The van der Waals surface area contributed by atoms with Crippen LogP contribution >= 0.6 is 0 Å². The fourth-order valence-corrected chi connectivity index (χ4v) is 2.64. The molecule has 0 radical (unpaired) electrons. The molecule has 1 heterocycles. The molecule has 2 N–H and O–H groups in total. The van der Waals surface area contributed by atoms with Crippen LogP contribution in [0.5, 0.6) is 0 Å². The Morgan fingerprint density at radius 2 is 1.79 bits per heavy atom. The topological polar surface area (TPSA) is 70.7 Å². The number of amides is 2. The van der Waals surface area contributed by atoms with Crippen molar-refractivity contribution in [2.45, 2.75) is 19.3 Å². The Morgan fingerprint density at radius 3 is 2.50 bits per heavy atom. The first kappa shape index (κ1) is 18.4. The Balaban J connectivity index is 1.59. The van der Waals surface area contributed by atoms with Gasteiger partial charge in [-0.1, -0.05) is 37.3 Å². The number of nitrogens with zero attached hydrogens (tertiary/aromatic N) is 1. The lowest BCUT2D eigenvalue weighted by atomic mass is 10.0. The van der Waals surface area contributed by atoms with E-state index in [1.54, 1.807) is 0 Å². The Hall–Kier alpha value is -1.92. The minimum Gasteiger partial charge on any atom is -0.379 e. The normalized spacial score (nSPS) is 16.4. The van der Waals surface area contributed by atoms with Crippen LogP contribution < -0.4 is 10.6 Å². The van der Waals surface area contributed by atoms with E-state index in [-0.39, 0.29) is 5.92 Å². The van der Waals surface area contributed by atoms with Crippen LogP contribution in [-0.4, -0.2) is 62.7 Å². The molecule has 1 aromatic rings. The summed E-state index contributed by atoms with van der Waals surface area (Å²) < 4.78 is 5.29. The lowest BCUT2D eigenvalue weighted by molar-refractivity contribution is -0.139. The average Bonchev–Trinajstić information content (AvgIpc) is 2.64. The van der Waals surface area contributed by atoms with Crippen LogP contribution in [0.3, 0.4) is 0 Å². The zero-order valence-corrected chi connectivity index (χ0v) is 14.3. The lowest BCUT2D eigenvalue weighted by Gasteiger charge is -2.26. The molecule has 0 aliphatic carbocycles. The van der Waals surface area contributed by atoms with Gasteiger partial charge in [-0.05, 0) is 24.4 Å². The second-order valence-corrected chi connectivity index (χ2v) is 6.09. The maximum atomic E-state index is 11.8. The Labute approximate surface area is 143 Å². The smallest absolute Gasteiger partial charge is 0.309 e. The van der Waals surface area contributed by atoms with E-state index < -0.39 is 11.8 Å². The molecule has 1 fully saturated rings. The van der Waals surface area contributed by atoms with Gasteiger partial charge >= 0.3 is 11.8 Å². The van der Waals surface area contributed by atoms with Crippen molar-refractivity contribution in [1.29, 1.82) is 0 Å². The first-order valence-electron chi connectivity index (χ1n) is 8.58. The van der Waals surface area contributed by atoms with E-state index in [0.717, 1.165) is 44.8 Å². The third kappa shape index (κ3) is 6.29. The second kappa shape index (κ2) is 10.1. The molecule has 6 heteroatoms. The molecule has 0 saturated carbocycles. The van der Waals surface area contributed by atoms with Gasteiger partial charge in [-0.3, -0.25) is 14.5 Å². The molecular weight excluding hydrogens is 306 g/mol. The van der Waals surface area contributed by atoms with Crippen LogP contribution in [-0.2, 0) is 14.3 Å². The number of rotatable bonds is 7. The average molecular weight is 333 g/mol. The Bertz CT molecular complexity index is 516. The number of hydrogen-bond acceptors (Lipinski definition) is 4. The van der Waals surface area contributed by atoms with E-state index in [9.17, 15) is 9.59 Å². The van der Waals surface area contributed by atoms with E-state index in [0.29, 0.717) is 13.1 Å². The fourth-order valence-electron chi connectivity index (χ4n) is 2.64. The Kier molecular flexibility index (Phi) is 7.71. The number of carbonyl (C=O) groups is 2. The largest absolute Gasteiger partial charge is 0.379 e. The molecule has 2 amide bonds. The minimum atomic E-state index is -0.566. The van der Waals surface area contributed by atoms with Gasteiger partial charge in [0.25, 0.3) is 0 Å². The maximum absolute atomic E-state index is 11.8. The van der Waals surface area contributed by atoms with Crippen LogP contribution in [0.25, 0.3) is 0 Å². The molecule has 1 aliphatic rings. The van der Waals surface area contributed by atoms with Crippen LogP contribution in [0.4, 0.5) is 0 Å². The monoisotopic (exact) mass is 333 g/mol. The molecule has 2 rings (SSSR count). The van der Waals surface area contributed by atoms with Crippen LogP contribution in [0.1, 0.15) is 24.8 Å². The fraction of sp³-hybridized carbons (Fsp3) is 0.556. The molecule has 132 valence electrons. The van der Waals surface area contributed by atoms with Gasteiger partial charge in [0.2, 0.25) is 0 Å². The van der Waals surface area contributed by atoms with Crippen molar-refractivity contribution in [3.63, 3.8) is 0 Å². The standard InChI is InChI=1S/C18H27N3O3/c1-15(16-6-3-2-4-7-16)14-20-18(23)17(22)19-8-5-9-21-10-12-24-13-11-21/h2-4,6-7,15H,5,8-14H2,1H3,(H,19,22)(H,20,23)/t15-/m0/s1. The van der Waals surface area contributed by atoms with Gasteiger partial charge in [-0.15, -0.1) is 0 Å². The summed E-state index contributed by atoms with van der Waals surface area (Å²) in [7, 11) is 0. The van der Waals surface area contributed by atoms with Crippen molar-refractivity contribution in [1.82, 2.24) is 15.5 Å². The third-order valence-electron chi connectivity index (χ3n) is 4.18. The van der Waals surface area contributed by atoms with Crippen LogP contribution in [0, 0.1) is 0 Å². The number of benzene rings is 1. The van der Waals surface area contributed by atoms with Crippen molar-refractivity contribution in [3.8, 4) is 0 Å². The molecule has 24 heavy (non-hydrogen) atoms. The quantitative estimate of drug-likeness (QED) is 0.570. The number of carbonyl (C=O) groups excluding carboxylic acids is 2. The highest BCUT2D eigenvalue weighted by atomic mass is 16.5. The van der Waals surface area contributed by atoms with Crippen molar-refractivity contribution in [2.24, 2.45) is 0 Å². The van der Waals surface area contributed by atoms with Gasteiger partial charge in [0.05, 0.1) is 13.2 Å².